The third-order valence-corrected chi connectivity index (χ3v) is 6.59. The largest absolute Gasteiger partial charge is 0.375 e. The van der Waals surface area contributed by atoms with Gasteiger partial charge in [0.1, 0.15) is 11.7 Å². The SMILES string of the molecule is C=C(/N=C(/Nc1ccc(C2CCCCC2)cc1)C1=C(C)CNC1)N1CCOC(C)C1. The van der Waals surface area contributed by atoms with Gasteiger partial charge in [-0.15, -0.1) is 0 Å². The number of hydrogen-bond donors (Lipinski definition) is 2. The van der Waals surface area contributed by atoms with E-state index in [4.69, 9.17) is 9.73 Å². The second kappa shape index (κ2) is 9.80. The Hall–Kier alpha value is -2.11. The first kappa shape index (κ1) is 21.1. The van der Waals surface area contributed by atoms with E-state index < -0.39 is 0 Å². The number of hydrogen-bond acceptors (Lipinski definition) is 4. The molecule has 0 aromatic heterocycles. The normalized spacial score (nSPS) is 23.7. The van der Waals surface area contributed by atoms with E-state index in [0.29, 0.717) is 0 Å². The van der Waals surface area contributed by atoms with Crippen molar-refractivity contribution in [2.45, 2.75) is 58.0 Å². The average molecular weight is 409 g/mol. The van der Waals surface area contributed by atoms with Crippen LogP contribution in [0, 0.1) is 0 Å². The molecular formula is C25H36N4O. The first-order chi connectivity index (χ1) is 14.6. The highest BCUT2D eigenvalue weighted by molar-refractivity contribution is 6.09. The van der Waals surface area contributed by atoms with Gasteiger partial charge in [-0.1, -0.05) is 43.5 Å². The number of nitrogens with one attached hydrogen (secondary N) is 2. The van der Waals surface area contributed by atoms with Gasteiger partial charge in [0.25, 0.3) is 0 Å². The average Bonchev–Trinajstić information content (AvgIpc) is 3.20. The Morgan fingerprint density at radius 2 is 1.93 bits per heavy atom. The smallest absolute Gasteiger partial charge is 0.137 e. The van der Waals surface area contributed by atoms with Crippen LogP contribution in [0.5, 0.6) is 0 Å². The lowest BCUT2D eigenvalue weighted by atomic mass is 9.84. The molecule has 2 N–H and O–H groups in total. The Balaban J connectivity index is 1.51. The molecule has 0 spiro atoms. The number of aliphatic imine (C=N–C) groups is 1. The molecular weight excluding hydrogens is 372 g/mol. The zero-order valence-corrected chi connectivity index (χ0v) is 18.5. The van der Waals surface area contributed by atoms with Gasteiger partial charge in [-0.25, -0.2) is 4.99 Å². The molecule has 1 unspecified atom stereocenters. The maximum Gasteiger partial charge on any atom is 0.137 e. The summed E-state index contributed by atoms with van der Waals surface area (Å²) in [6, 6.07) is 9.00. The summed E-state index contributed by atoms with van der Waals surface area (Å²) < 4.78 is 5.67. The minimum atomic E-state index is 0.212. The molecule has 5 heteroatoms. The van der Waals surface area contributed by atoms with Crippen LogP contribution in [-0.2, 0) is 4.74 Å². The summed E-state index contributed by atoms with van der Waals surface area (Å²) in [6.07, 6.45) is 6.99. The van der Waals surface area contributed by atoms with Crippen molar-refractivity contribution in [3.05, 3.63) is 53.4 Å². The molecule has 1 atom stereocenters. The Kier molecular flexibility index (Phi) is 6.90. The molecule has 30 heavy (non-hydrogen) atoms. The lowest BCUT2D eigenvalue weighted by Crippen LogP contribution is -2.40. The van der Waals surface area contributed by atoms with E-state index in [1.54, 1.807) is 0 Å². The molecule has 162 valence electrons. The van der Waals surface area contributed by atoms with Crippen molar-refractivity contribution in [2.24, 2.45) is 4.99 Å². The lowest BCUT2D eigenvalue weighted by Gasteiger charge is -2.32. The third-order valence-electron chi connectivity index (χ3n) is 6.59. The molecule has 1 aromatic carbocycles. The van der Waals surface area contributed by atoms with E-state index in [0.717, 1.165) is 56.0 Å². The Bertz CT molecular complexity index is 805. The second-order valence-corrected chi connectivity index (χ2v) is 8.95. The molecule has 5 nitrogen and oxygen atoms in total. The predicted octanol–water partition coefficient (Wildman–Crippen LogP) is 4.66. The molecule has 1 saturated carbocycles. The van der Waals surface area contributed by atoms with Crippen LogP contribution < -0.4 is 10.6 Å². The summed E-state index contributed by atoms with van der Waals surface area (Å²) in [5, 5.41) is 7.04. The number of amidine groups is 1. The van der Waals surface area contributed by atoms with Crippen molar-refractivity contribution < 1.29 is 4.74 Å². The van der Waals surface area contributed by atoms with Gasteiger partial charge in [-0.3, -0.25) is 0 Å². The van der Waals surface area contributed by atoms with Crippen LogP contribution >= 0.6 is 0 Å². The first-order valence-electron chi connectivity index (χ1n) is 11.5. The van der Waals surface area contributed by atoms with Gasteiger partial charge in [-0.05, 0) is 50.3 Å². The number of morpholine rings is 1. The summed E-state index contributed by atoms with van der Waals surface area (Å²) in [7, 11) is 0. The van der Waals surface area contributed by atoms with Gasteiger partial charge in [0, 0.05) is 37.4 Å². The maximum absolute atomic E-state index is 5.67. The van der Waals surface area contributed by atoms with Crippen molar-refractivity contribution in [2.75, 3.05) is 38.1 Å². The monoisotopic (exact) mass is 408 g/mol. The number of rotatable bonds is 5. The van der Waals surface area contributed by atoms with Crippen LogP contribution in [0.4, 0.5) is 5.69 Å². The maximum atomic E-state index is 5.67. The van der Waals surface area contributed by atoms with Gasteiger partial charge >= 0.3 is 0 Å². The van der Waals surface area contributed by atoms with Crippen molar-refractivity contribution in [1.29, 1.82) is 0 Å². The van der Waals surface area contributed by atoms with Crippen LogP contribution in [0.15, 0.2) is 52.8 Å². The molecule has 2 heterocycles. The van der Waals surface area contributed by atoms with Crippen LogP contribution in [0.3, 0.4) is 0 Å². The Morgan fingerprint density at radius 3 is 2.60 bits per heavy atom. The molecule has 2 fully saturated rings. The Morgan fingerprint density at radius 1 is 1.17 bits per heavy atom. The first-order valence-corrected chi connectivity index (χ1v) is 11.5. The van der Waals surface area contributed by atoms with E-state index in [-0.39, 0.29) is 6.10 Å². The zero-order valence-electron chi connectivity index (χ0n) is 18.5. The lowest BCUT2D eigenvalue weighted by molar-refractivity contribution is -0.00598. The summed E-state index contributed by atoms with van der Waals surface area (Å²) in [5.74, 6) is 2.44. The van der Waals surface area contributed by atoms with E-state index in [2.05, 4.69) is 60.2 Å². The minimum absolute atomic E-state index is 0.212. The number of nitrogens with zero attached hydrogens (tertiary/aromatic N) is 2. The van der Waals surface area contributed by atoms with E-state index in [1.807, 2.05) is 0 Å². The summed E-state index contributed by atoms with van der Waals surface area (Å²) >= 11 is 0. The van der Waals surface area contributed by atoms with Crippen LogP contribution in [0.1, 0.15) is 57.4 Å². The molecule has 3 aliphatic rings. The molecule has 2 aliphatic heterocycles. The van der Waals surface area contributed by atoms with Gasteiger partial charge in [-0.2, -0.15) is 0 Å². The van der Waals surface area contributed by atoms with Crippen molar-refractivity contribution >= 4 is 11.5 Å². The fraction of sp³-hybridized carbons (Fsp3) is 0.560. The fourth-order valence-corrected chi connectivity index (χ4v) is 4.75. The quantitative estimate of drug-likeness (QED) is 0.550. The highest BCUT2D eigenvalue weighted by Crippen LogP contribution is 2.33. The summed E-state index contributed by atoms with van der Waals surface area (Å²) in [4.78, 5) is 7.18. The summed E-state index contributed by atoms with van der Waals surface area (Å²) in [6.45, 7) is 12.7. The van der Waals surface area contributed by atoms with Gasteiger partial charge in [0.15, 0.2) is 0 Å². The number of benzene rings is 1. The van der Waals surface area contributed by atoms with Crippen molar-refractivity contribution in [3.8, 4) is 0 Å². The van der Waals surface area contributed by atoms with Crippen LogP contribution in [0.25, 0.3) is 0 Å². The van der Waals surface area contributed by atoms with E-state index in [9.17, 15) is 0 Å². The molecule has 1 aliphatic carbocycles. The second-order valence-electron chi connectivity index (χ2n) is 8.95. The molecule has 4 rings (SSSR count). The minimum Gasteiger partial charge on any atom is -0.375 e. The fourth-order valence-electron chi connectivity index (χ4n) is 4.75. The number of anilines is 1. The predicted molar refractivity (Wildman–Crippen MR) is 125 cm³/mol. The molecule has 0 radical (unpaired) electrons. The van der Waals surface area contributed by atoms with Crippen molar-refractivity contribution in [3.63, 3.8) is 0 Å². The van der Waals surface area contributed by atoms with Crippen LogP contribution in [0.2, 0.25) is 0 Å². The highest BCUT2D eigenvalue weighted by Gasteiger charge is 2.21. The molecule has 0 bridgehead atoms. The van der Waals surface area contributed by atoms with Gasteiger partial charge in [0.2, 0.25) is 0 Å². The Labute approximate surface area is 181 Å². The molecule has 1 aromatic rings. The van der Waals surface area contributed by atoms with Crippen LogP contribution in [-0.4, -0.2) is 49.6 Å². The zero-order chi connectivity index (χ0) is 20.9. The topological polar surface area (TPSA) is 48.9 Å². The summed E-state index contributed by atoms with van der Waals surface area (Å²) in [5.41, 5.74) is 5.14. The molecule has 0 amide bonds. The van der Waals surface area contributed by atoms with E-state index >= 15 is 0 Å². The van der Waals surface area contributed by atoms with Gasteiger partial charge in [0.05, 0.1) is 12.7 Å². The standard InChI is InChI=1S/C25H36N4O/c1-18-15-26-16-24(18)25(27-20(3)29-13-14-30-19(2)17-29)28-23-11-9-22(10-12-23)21-7-5-4-6-8-21/h9-12,19,21,26H,3-8,13-17H2,1-2H3,(H,27,28). The number of ether oxygens (including phenoxy) is 1. The van der Waals surface area contributed by atoms with E-state index in [1.165, 1.54) is 48.8 Å². The third kappa shape index (κ3) is 5.13. The molecule has 1 saturated heterocycles. The highest BCUT2D eigenvalue weighted by atomic mass is 16.5. The van der Waals surface area contributed by atoms with Crippen molar-refractivity contribution in [1.82, 2.24) is 10.2 Å². The van der Waals surface area contributed by atoms with Gasteiger partial charge < -0.3 is 20.3 Å².